The molecule has 108 valence electrons. The molecular formula is C12H21FN4O2. The molecule has 1 aromatic rings. The number of aliphatic hydroxyl groups excluding tert-OH is 1. The van der Waals surface area contributed by atoms with Gasteiger partial charge in [-0.2, -0.15) is 4.98 Å². The van der Waals surface area contributed by atoms with Crippen molar-refractivity contribution in [3.8, 4) is 0 Å². The van der Waals surface area contributed by atoms with Gasteiger partial charge in [0.15, 0.2) is 11.6 Å². The van der Waals surface area contributed by atoms with E-state index >= 15 is 0 Å². The smallest absolute Gasteiger partial charge is 0.224 e. The molecule has 0 bridgehead atoms. The van der Waals surface area contributed by atoms with Crippen LogP contribution in [0.25, 0.3) is 0 Å². The third-order valence-electron chi connectivity index (χ3n) is 2.46. The van der Waals surface area contributed by atoms with Gasteiger partial charge in [0.1, 0.15) is 0 Å². The number of nitrogens with one attached hydrogen (secondary N) is 1. The minimum atomic E-state index is -0.698. The molecule has 0 fully saturated rings. The lowest BCUT2D eigenvalue weighted by Gasteiger charge is -2.22. The van der Waals surface area contributed by atoms with Crippen molar-refractivity contribution in [1.29, 1.82) is 0 Å². The van der Waals surface area contributed by atoms with E-state index in [0.717, 1.165) is 19.2 Å². The molecule has 1 atom stereocenters. The van der Waals surface area contributed by atoms with E-state index in [1.807, 2.05) is 6.92 Å². The Labute approximate surface area is 112 Å². The van der Waals surface area contributed by atoms with Crippen LogP contribution in [0, 0.1) is 5.82 Å². The average Bonchev–Trinajstić information content (AvgIpc) is 2.37. The van der Waals surface area contributed by atoms with E-state index < -0.39 is 11.9 Å². The van der Waals surface area contributed by atoms with Crippen LogP contribution in [0.3, 0.4) is 0 Å². The predicted molar refractivity (Wildman–Crippen MR) is 71.9 cm³/mol. The molecule has 0 aromatic carbocycles. The van der Waals surface area contributed by atoms with Gasteiger partial charge in [0.25, 0.3) is 0 Å². The summed E-state index contributed by atoms with van der Waals surface area (Å²) in [5.74, 6) is 0.0178. The number of aliphatic hydroxyl groups is 1. The van der Waals surface area contributed by atoms with Gasteiger partial charge in [-0.05, 0) is 6.42 Å². The van der Waals surface area contributed by atoms with Crippen molar-refractivity contribution in [3.63, 3.8) is 0 Å². The Balaban J connectivity index is 2.74. The minimum absolute atomic E-state index is 0.156. The van der Waals surface area contributed by atoms with Crippen LogP contribution >= 0.6 is 0 Å². The summed E-state index contributed by atoms with van der Waals surface area (Å²) in [5, 5.41) is 12.6. The van der Waals surface area contributed by atoms with E-state index in [1.165, 1.54) is 12.0 Å². The summed E-state index contributed by atoms with van der Waals surface area (Å²) in [5.41, 5.74) is 0. The van der Waals surface area contributed by atoms with Gasteiger partial charge in [-0.1, -0.05) is 6.92 Å². The lowest BCUT2D eigenvalue weighted by atomic mass is 10.3. The van der Waals surface area contributed by atoms with E-state index in [2.05, 4.69) is 15.3 Å². The number of aromatic nitrogens is 2. The molecule has 0 radical (unpaired) electrons. The number of anilines is 2. The zero-order valence-electron chi connectivity index (χ0n) is 11.6. The molecule has 0 aliphatic carbocycles. The molecule has 6 nitrogen and oxygen atoms in total. The lowest BCUT2D eigenvalue weighted by molar-refractivity contribution is 0.0693. The predicted octanol–water partition coefficient (Wildman–Crippen LogP) is 0.881. The van der Waals surface area contributed by atoms with Crippen LogP contribution < -0.4 is 10.2 Å². The third kappa shape index (κ3) is 4.96. The summed E-state index contributed by atoms with van der Waals surface area (Å²) >= 11 is 0. The molecule has 0 aliphatic heterocycles. The number of hydrogen-bond acceptors (Lipinski definition) is 6. The monoisotopic (exact) mass is 272 g/mol. The Morgan fingerprint density at radius 2 is 2.32 bits per heavy atom. The first-order valence-corrected chi connectivity index (χ1v) is 6.23. The number of rotatable bonds is 8. The van der Waals surface area contributed by atoms with Crippen molar-refractivity contribution in [2.24, 2.45) is 0 Å². The number of ether oxygens (including phenoxy) is 1. The van der Waals surface area contributed by atoms with Crippen molar-refractivity contribution in [3.05, 3.63) is 12.0 Å². The quantitative estimate of drug-likeness (QED) is 0.732. The second-order valence-corrected chi connectivity index (χ2v) is 4.28. The van der Waals surface area contributed by atoms with E-state index in [1.54, 1.807) is 7.05 Å². The van der Waals surface area contributed by atoms with Crippen molar-refractivity contribution >= 4 is 11.8 Å². The van der Waals surface area contributed by atoms with Crippen molar-refractivity contribution in [2.45, 2.75) is 19.4 Å². The highest BCUT2D eigenvalue weighted by Gasteiger charge is 2.15. The maximum atomic E-state index is 13.7. The summed E-state index contributed by atoms with van der Waals surface area (Å²) in [6, 6.07) is 0. The molecule has 1 aromatic heterocycles. The van der Waals surface area contributed by atoms with E-state index in [9.17, 15) is 9.50 Å². The number of hydrogen-bond donors (Lipinski definition) is 2. The zero-order valence-corrected chi connectivity index (χ0v) is 11.6. The molecule has 19 heavy (non-hydrogen) atoms. The van der Waals surface area contributed by atoms with Crippen LogP contribution in [0.15, 0.2) is 6.20 Å². The molecular weight excluding hydrogens is 251 g/mol. The molecule has 7 heteroatoms. The first-order valence-electron chi connectivity index (χ1n) is 6.23. The summed E-state index contributed by atoms with van der Waals surface area (Å²) in [6.45, 7) is 3.17. The molecule has 1 rings (SSSR count). The van der Waals surface area contributed by atoms with Gasteiger partial charge in [-0.3, -0.25) is 0 Å². The fourth-order valence-corrected chi connectivity index (χ4v) is 1.60. The maximum absolute atomic E-state index is 13.7. The highest BCUT2D eigenvalue weighted by molar-refractivity contribution is 5.43. The summed E-state index contributed by atoms with van der Waals surface area (Å²) in [6.07, 6.45) is 1.36. The Bertz CT molecular complexity index is 392. The van der Waals surface area contributed by atoms with Gasteiger partial charge in [-0.15, -0.1) is 0 Å². The van der Waals surface area contributed by atoms with Crippen molar-refractivity contribution < 1.29 is 14.2 Å². The summed E-state index contributed by atoms with van der Waals surface area (Å²) in [7, 11) is 3.16. The van der Waals surface area contributed by atoms with Gasteiger partial charge >= 0.3 is 0 Å². The van der Waals surface area contributed by atoms with Gasteiger partial charge in [0.2, 0.25) is 5.95 Å². The average molecular weight is 272 g/mol. The molecule has 1 unspecified atom stereocenters. The Kier molecular flexibility index (Phi) is 6.44. The van der Waals surface area contributed by atoms with Crippen LogP contribution in [0.4, 0.5) is 16.2 Å². The number of likely N-dealkylation sites (N-methyl/N-ethyl adjacent to an activating group) is 1. The van der Waals surface area contributed by atoms with Crippen LogP contribution in [-0.2, 0) is 4.74 Å². The molecule has 0 saturated carbocycles. The SMILES string of the molecule is CCCNc1ncc(F)c(N(C)CC(O)COC)n1. The highest BCUT2D eigenvalue weighted by Crippen LogP contribution is 2.16. The normalized spacial score (nSPS) is 12.3. The number of methoxy groups -OCH3 is 1. The van der Waals surface area contributed by atoms with E-state index in [0.29, 0.717) is 5.95 Å². The van der Waals surface area contributed by atoms with E-state index in [4.69, 9.17) is 4.74 Å². The largest absolute Gasteiger partial charge is 0.389 e. The zero-order chi connectivity index (χ0) is 14.3. The molecule has 0 spiro atoms. The van der Waals surface area contributed by atoms with Crippen LogP contribution in [0.1, 0.15) is 13.3 Å². The van der Waals surface area contributed by atoms with E-state index in [-0.39, 0.29) is 19.0 Å². The van der Waals surface area contributed by atoms with Crippen LogP contribution in [0.2, 0.25) is 0 Å². The van der Waals surface area contributed by atoms with Crippen LogP contribution in [-0.4, -0.2) is 55.0 Å². The molecule has 0 saturated heterocycles. The Hall–Kier alpha value is -1.47. The fraction of sp³-hybridized carbons (Fsp3) is 0.667. The third-order valence-corrected chi connectivity index (χ3v) is 2.46. The number of halogens is 1. The number of nitrogens with zero attached hydrogens (tertiary/aromatic N) is 3. The summed E-state index contributed by atoms with van der Waals surface area (Å²) < 4.78 is 18.5. The Morgan fingerprint density at radius 3 is 2.95 bits per heavy atom. The second-order valence-electron chi connectivity index (χ2n) is 4.28. The topological polar surface area (TPSA) is 70.5 Å². The summed E-state index contributed by atoms with van der Waals surface area (Å²) in [4.78, 5) is 9.50. The fourth-order valence-electron chi connectivity index (χ4n) is 1.60. The van der Waals surface area contributed by atoms with Gasteiger partial charge < -0.3 is 20.1 Å². The molecule has 2 N–H and O–H groups in total. The minimum Gasteiger partial charge on any atom is -0.389 e. The van der Waals surface area contributed by atoms with Gasteiger partial charge in [0, 0.05) is 27.2 Å². The standard InChI is InChI=1S/C12H21FN4O2/c1-4-5-14-12-15-6-10(13)11(16-12)17(2)7-9(18)8-19-3/h6,9,18H,4-5,7-8H2,1-3H3,(H,14,15,16). The second kappa shape index (κ2) is 7.85. The van der Waals surface area contributed by atoms with Gasteiger partial charge in [0.05, 0.1) is 18.9 Å². The van der Waals surface area contributed by atoms with Crippen molar-refractivity contribution in [1.82, 2.24) is 9.97 Å². The van der Waals surface area contributed by atoms with Crippen LogP contribution in [0.5, 0.6) is 0 Å². The lowest BCUT2D eigenvalue weighted by Crippen LogP contribution is -2.33. The van der Waals surface area contributed by atoms with Gasteiger partial charge in [-0.25, -0.2) is 9.37 Å². The highest BCUT2D eigenvalue weighted by atomic mass is 19.1. The first kappa shape index (κ1) is 15.6. The Morgan fingerprint density at radius 1 is 1.58 bits per heavy atom. The maximum Gasteiger partial charge on any atom is 0.224 e. The van der Waals surface area contributed by atoms with Crippen molar-refractivity contribution in [2.75, 3.05) is 44.1 Å². The molecule has 0 aliphatic rings. The molecule has 0 amide bonds. The first-order chi connectivity index (χ1) is 9.08. The molecule has 1 heterocycles.